The fourth-order valence-corrected chi connectivity index (χ4v) is 4.11. The highest BCUT2D eigenvalue weighted by molar-refractivity contribution is 5.81. The molecule has 2 atom stereocenters. The number of nitrogens with zero attached hydrogens (tertiary/aromatic N) is 2. The van der Waals surface area contributed by atoms with Crippen LogP contribution >= 0.6 is 0 Å². The van der Waals surface area contributed by atoms with Crippen molar-refractivity contribution in [1.82, 2.24) is 20.2 Å². The van der Waals surface area contributed by atoms with Gasteiger partial charge in [-0.25, -0.2) is 4.98 Å². The van der Waals surface area contributed by atoms with Gasteiger partial charge in [-0.2, -0.15) is 0 Å². The topological polar surface area (TPSA) is 64.2 Å². The first-order valence-electron chi connectivity index (χ1n) is 8.88. The second-order valence-electron chi connectivity index (χ2n) is 6.99. The van der Waals surface area contributed by atoms with E-state index in [0.717, 1.165) is 51.2 Å². The molecule has 2 fully saturated rings. The van der Waals surface area contributed by atoms with E-state index in [1.165, 1.54) is 29.5 Å². The van der Waals surface area contributed by atoms with Gasteiger partial charge in [0, 0.05) is 42.8 Å². The molecular formula is C18H26N4O. The quantitative estimate of drug-likeness (QED) is 0.811. The fourth-order valence-electron chi connectivity index (χ4n) is 4.11. The molecule has 3 N–H and O–H groups in total. The minimum Gasteiger partial charge on any atom is -0.392 e. The molecule has 0 aromatic carbocycles. The Morgan fingerprint density at radius 1 is 1.30 bits per heavy atom. The smallest absolute Gasteiger partial charge is 0.137 e. The standard InChI is InChI=1S/C18H26N4O/c23-14-5-3-9-22(11-14)12-16-15-6-2-8-20-18(15)21-17(16)13-4-1-7-19-10-13/h2,6,8,13-14,19,23H,1,3-5,7,9-12H2,(H,20,21)/t13-,14-/m1/s1. The van der Waals surface area contributed by atoms with Gasteiger partial charge >= 0.3 is 0 Å². The molecule has 0 bridgehead atoms. The first kappa shape index (κ1) is 15.1. The first-order valence-corrected chi connectivity index (χ1v) is 8.88. The van der Waals surface area contributed by atoms with Crippen LogP contribution in [0.3, 0.4) is 0 Å². The van der Waals surface area contributed by atoms with Crippen LogP contribution in [-0.4, -0.2) is 52.3 Å². The van der Waals surface area contributed by atoms with E-state index >= 15 is 0 Å². The number of aliphatic hydroxyl groups is 1. The molecule has 0 saturated carbocycles. The Bertz CT molecular complexity index is 662. The minimum absolute atomic E-state index is 0.174. The first-order chi connectivity index (χ1) is 11.3. The highest BCUT2D eigenvalue weighted by Gasteiger charge is 2.25. The average Bonchev–Trinajstić information content (AvgIpc) is 2.95. The number of nitrogens with one attached hydrogen (secondary N) is 2. The lowest BCUT2D eigenvalue weighted by atomic mass is 9.92. The van der Waals surface area contributed by atoms with Crippen molar-refractivity contribution in [1.29, 1.82) is 0 Å². The number of aromatic amines is 1. The number of hydrogen-bond acceptors (Lipinski definition) is 4. The molecule has 4 heterocycles. The van der Waals surface area contributed by atoms with Gasteiger partial charge in [-0.3, -0.25) is 4.90 Å². The zero-order valence-electron chi connectivity index (χ0n) is 13.6. The molecule has 2 saturated heterocycles. The summed E-state index contributed by atoms with van der Waals surface area (Å²) in [5, 5.41) is 14.7. The lowest BCUT2D eigenvalue weighted by Crippen LogP contribution is -2.38. The predicted molar refractivity (Wildman–Crippen MR) is 91.5 cm³/mol. The fraction of sp³-hybridized carbons (Fsp3) is 0.611. The third kappa shape index (κ3) is 3.13. The van der Waals surface area contributed by atoms with Crippen LogP contribution < -0.4 is 5.32 Å². The van der Waals surface area contributed by atoms with Gasteiger partial charge in [0.25, 0.3) is 0 Å². The van der Waals surface area contributed by atoms with Crippen LogP contribution in [0.1, 0.15) is 42.9 Å². The molecule has 0 aliphatic carbocycles. The van der Waals surface area contributed by atoms with E-state index in [1.54, 1.807) is 0 Å². The molecule has 0 spiro atoms. The number of likely N-dealkylation sites (tertiary alicyclic amines) is 1. The Hall–Kier alpha value is -1.43. The lowest BCUT2D eigenvalue weighted by Gasteiger charge is -2.31. The maximum Gasteiger partial charge on any atom is 0.137 e. The summed E-state index contributed by atoms with van der Waals surface area (Å²) in [6, 6.07) is 4.20. The Morgan fingerprint density at radius 3 is 3.09 bits per heavy atom. The maximum absolute atomic E-state index is 9.97. The lowest BCUT2D eigenvalue weighted by molar-refractivity contribution is 0.0668. The van der Waals surface area contributed by atoms with Crippen LogP contribution in [0.15, 0.2) is 18.3 Å². The second kappa shape index (κ2) is 6.59. The molecule has 4 rings (SSSR count). The number of β-amino-alcohol motifs (C(OH)–C–C–N with tert-alkyl or cyclic N) is 1. The highest BCUT2D eigenvalue weighted by Crippen LogP contribution is 2.32. The number of rotatable bonds is 3. The summed E-state index contributed by atoms with van der Waals surface area (Å²) in [5.41, 5.74) is 3.74. The number of hydrogen-bond donors (Lipinski definition) is 3. The zero-order valence-corrected chi connectivity index (χ0v) is 13.6. The van der Waals surface area contributed by atoms with Gasteiger partial charge in [0.05, 0.1) is 6.10 Å². The average molecular weight is 314 g/mol. The number of pyridine rings is 1. The molecule has 0 unspecified atom stereocenters. The van der Waals surface area contributed by atoms with E-state index in [4.69, 9.17) is 0 Å². The van der Waals surface area contributed by atoms with Crippen LogP contribution in [0, 0.1) is 0 Å². The van der Waals surface area contributed by atoms with Gasteiger partial charge in [-0.15, -0.1) is 0 Å². The molecule has 2 aliphatic rings. The van der Waals surface area contributed by atoms with Crippen molar-refractivity contribution >= 4 is 11.0 Å². The van der Waals surface area contributed by atoms with E-state index < -0.39 is 0 Å². The Kier molecular flexibility index (Phi) is 4.33. The highest BCUT2D eigenvalue weighted by atomic mass is 16.3. The van der Waals surface area contributed by atoms with Gasteiger partial charge in [0.15, 0.2) is 0 Å². The van der Waals surface area contributed by atoms with Crippen LogP contribution in [0.25, 0.3) is 11.0 Å². The third-order valence-electron chi connectivity index (χ3n) is 5.28. The molecule has 2 aromatic heterocycles. The molecule has 5 heteroatoms. The Labute approximate surface area is 137 Å². The van der Waals surface area contributed by atoms with Gasteiger partial charge in [0.2, 0.25) is 0 Å². The third-order valence-corrected chi connectivity index (χ3v) is 5.28. The Morgan fingerprint density at radius 2 is 2.26 bits per heavy atom. The van der Waals surface area contributed by atoms with Crippen molar-refractivity contribution in [2.24, 2.45) is 0 Å². The predicted octanol–water partition coefficient (Wildman–Crippen LogP) is 1.99. The molecule has 0 radical (unpaired) electrons. The van der Waals surface area contributed by atoms with Gasteiger partial charge in [-0.05, 0) is 56.5 Å². The monoisotopic (exact) mass is 314 g/mol. The number of aromatic nitrogens is 2. The van der Waals surface area contributed by atoms with E-state index in [1.807, 2.05) is 12.3 Å². The summed E-state index contributed by atoms with van der Waals surface area (Å²) in [6.07, 6.45) is 6.17. The van der Waals surface area contributed by atoms with Gasteiger partial charge in [0.1, 0.15) is 5.65 Å². The second-order valence-corrected chi connectivity index (χ2v) is 6.99. The molecule has 5 nitrogen and oxygen atoms in total. The van der Waals surface area contributed by atoms with Crippen molar-refractivity contribution in [3.8, 4) is 0 Å². The molecule has 2 aliphatic heterocycles. The number of fused-ring (bicyclic) bond motifs is 1. The molecule has 2 aromatic rings. The maximum atomic E-state index is 9.97. The summed E-state index contributed by atoms with van der Waals surface area (Å²) < 4.78 is 0. The molecule has 23 heavy (non-hydrogen) atoms. The van der Waals surface area contributed by atoms with Crippen LogP contribution in [0.4, 0.5) is 0 Å². The van der Waals surface area contributed by atoms with Crippen molar-refractivity contribution in [2.45, 2.75) is 44.2 Å². The summed E-state index contributed by atoms with van der Waals surface area (Å²) in [4.78, 5) is 10.5. The van der Waals surface area contributed by atoms with E-state index in [0.29, 0.717) is 5.92 Å². The summed E-state index contributed by atoms with van der Waals surface area (Å²) in [7, 11) is 0. The number of aliphatic hydroxyl groups excluding tert-OH is 1. The van der Waals surface area contributed by atoms with Crippen molar-refractivity contribution in [2.75, 3.05) is 26.2 Å². The molecule has 124 valence electrons. The summed E-state index contributed by atoms with van der Waals surface area (Å²) in [5.74, 6) is 0.544. The minimum atomic E-state index is -0.174. The van der Waals surface area contributed by atoms with Crippen LogP contribution in [0.5, 0.6) is 0 Å². The van der Waals surface area contributed by atoms with E-state index in [9.17, 15) is 5.11 Å². The SMILES string of the molecule is O[C@@H]1CCCN(Cc2c([C@@H]3CCCNC3)[nH]c3ncccc23)C1. The Balaban J connectivity index is 1.67. The zero-order chi connectivity index (χ0) is 15.6. The van der Waals surface area contributed by atoms with E-state index in [-0.39, 0.29) is 6.10 Å². The van der Waals surface area contributed by atoms with Crippen molar-refractivity contribution in [3.63, 3.8) is 0 Å². The van der Waals surface area contributed by atoms with E-state index in [2.05, 4.69) is 26.3 Å². The van der Waals surface area contributed by atoms with Crippen molar-refractivity contribution < 1.29 is 5.11 Å². The normalized spacial score (nSPS) is 26.7. The van der Waals surface area contributed by atoms with Gasteiger partial charge in [-0.1, -0.05) is 0 Å². The summed E-state index contributed by atoms with van der Waals surface area (Å²) >= 11 is 0. The van der Waals surface area contributed by atoms with Crippen LogP contribution in [-0.2, 0) is 6.54 Å². The number of piperidine rings is 2. The van der Waals surface area contributed by atoms with Gasteiger partial charge < -0.3 is 15.4 Å². The largest absolute Gasteiger partial charge is 0.392 e. The molecule has 0 amide bonds. The van der Waals surface area contributed by atoms with Crippen molar-refractivity contribution in [3.05, 3.63) is 29.6 Å². The molecular weight excluding hydrogens is 288 g/mol. The van der Waals surface area contributed by atoms with Crippen LogP contribution in [0.2, 0.25) is 0 Å². The number of H-pyrrole nitrogens is 1. The summed E-state index contributed by atoms with van der Waals surface area (Å²) in [6.45, 7) is 4.95.